The van der Waals surface area contributed by atoms with Crippen LogP contribution in [0.1, 0.15) is 53.7 Å². The van der Waals surface area contributed by atoms with Gasteiger partial charge in [0.25, 0.3) is 0 Å². The van der Waals surface area contributed by atoms with Crippen LogP contribution < -0.4 is 5.73 Å². The maximum absolute atomic E-state index is 14.5. The molecule has 0 spiro atoms. The lowest BCUT2D eigenvalue weighted by molar-refractivity contribution is 0.0983. The predicted octanol–water partition coefficient (Wildman–Crippen LogP) is 5.22. The molecule has 2 aromatic heterocycles. The number of rotatable bonds is 5. The molecule has 0 saturated heterocycles. The molecule has 1 aliphatic carbocycles. The van der Waals surface area contributed by atoms with Gasteiger partial charge in [-0.15, -0.1) is 0 Å². The number of pyridine rings is 2. The molecular weight excluding hydrogens is 415 g/mol. The first-order valence-corrected chi connectivity index (χ1v) is 10.7. The van der Waals surface area contributed by atoms with E-state index in [9.17, 15) is 18.0 Å². The Morgan fingerprint density at radius 2 is 1.78 bits per heavy atom. The van der Waals surface area contributed by atoms with Crippen LogP contribution in [0.2, 0.25) is 0 Å². The van der Waals surface area contributed by atoms with Gasteiger partial charge in [0.1, 0.15) is 17.3 Å². The molecule has 4 nitrogen and oxygen atoms in total. The number of nitrogens with two attached hydrogens (primary N) is 1. The number of halogens is 3. The molecule has 1 saturated carbocycles. The highest BCUT2D eigenvalue weighted by Gasteiger charge is 2.28. The normalized spacial score (nSPS) is 20.8. The average molecular weight is 439 g/mol. The lowest BCUT2D eigenvalue weighted by atomic mass is 9.75. The lowest BCUT2D eigenvalue weighted by Crippen LogP contribution is -2.31. The summed E-state index contributed by atoms with van der Waals surface area (Å²) < 4.78 is 42.8. The van der Waals surface area contributed by atoms with Crippen LogP contribution in [-0.2, 0) is 6.42 Å². The Morgan fingerprint density at radius 1 is 1.03 bits per heavy atom. The van der Waals surface area contributed by atoms with Crippen LogP contribution in [0.3, 0.4) is 0 Å². The Labute approximate surface area is 184 Å². The monoisotopic (exact) mass is 439 g/mol. The van der Waals surface area contributed by atoms with E-state index in [1.807, 2.05) is 6.07 Å². The summed E-state index contributed by atoms with van der Waals surface area (Å²) in [5.41, 5.74) is 6.89. The average Bonchev–Trinajstić information content (AvgIpc) is 2.74. The minimum absolute atomic E-state index is 0.0897. The second kappa shape index (κ2) is 9.20. The van der Waals surface area contributed by atoms with Crippen molar-refractivity contribution >= 4 is 5.78 Å². The topological polar surface area (TPSA) is 68.9 Å². The molecule has 7 heteroatoms. The molecule has 1 aliphatic rings. The van der Waals surface area contributed by atoms with Gasteiger partial charge >= 0.3 is 0 Å². The number of nitrogens with zero attached hydrogens (tertiary/aromatic N) is 2. The molecule has 0 amide bonds. The molecule has 32 heavy (non-hydrogen) atoms. The Kier molecular flexibility index (Phi) is 6.37. The van der Waals surface area contributed by atoms with Crippen molar-refractivity contribution in [3.63, 3.8) is 0 Å². The summed E-state index contributed by atoms with van der Waals surface area (Å²) in [5.74, 6) is -2.43. The van der Waals surface area contributed by atoms with Gasteiger partial charge in [-0.1, -0.05) is 13.0 Å². The summed E-state index contributed by atoms with van der Waals surface area (Å²) in [6.07, 6.45) is 5.89. The van der Waals surface area contributed by atoms with Crippen LogP contribution in [0.4, 0.5) is 13.2 Å². The number of Topliss-reactive ketones (excluding diaryl/α,β-unsaturated/α-hetero) is 1. The van der Waals surface area contributed by atoms with Crippen LogP contribution in [0.5, 0.6) is 0 Å². The first-order valence-electron chi connectivity index (χ1n) is 10.7. The van der Waals surface area contributed by atoms with Gasteiger partial charge in [-0.25, -0.2) is 18.2 Å². The molecule has 0 bridgehead atoms. The van der Waals surface area contributed by atoms with Gasteiger partial charge in [-0.3, -0.25) is 9.78 Å². The third kappa shape index (κ3) is 4.58. The minimum atomic E-state index is -0.839. The van der Waals surface area contributed by atoms with Gasteiger partial charge in [0.15, 0.2) is 11.6 Å². The molecule has 2 heterocycles. The SMILES string of the molecule is C[C@H]1C[C@@H](N)C[C@@H](c2ccncc2CC(=O)c2nc(-c3c(F)cccc3F)ccc2F)C1. The van der Waals surface area contributed by atoms with E-state index in [1.165, 1.54) is 6.07 Å². The molecule has 1 aromatic carbocycles. The van der Waals surface area contributed by atoms with Crippen LogP contribution in [0.15, 0.2) is 48.8 Å². The van der Waals surface area contributed by atoms with Gasteiger partial charge in [0.2, 0.25) is 0 Å². The maximum atomic E-state index is 14.5. The second-order valence-corrected chi connectivity index (χ2v) is 8.57. The van der Waals surface area contributed by atoms with Crippen LogP contribution in [0.25, 0.3) is 11.3 Å². The zero-order valence-electron chi connectivity index (χ0n) is 17.7. The first kappa shape index (κ1) is 22.1. The van der Waals surface area contributed by atoms with Gasteiger partial charge < -0.3 is 5.73 Å². The summed E-state index contributed by atoms with van der Waals surface area (Å²) in [4.78, 5) is 21.1. The van der Waals surface area contributed by atoms with Crippen molar-refractivity contribution in [2.45, 2.75) is 44.6 Å². The third-order valence-corrected chi connectivity index (χ3v) is 6.04. The summed E-state index contributed by atoms with van der Waals surface area (Å²) >= 11 is 0. The van der Waals surface area contributed by atoms with E-state index >= 15 is 0 Å². The van der Waals surface area contributed by atoms with Crippen molar-refractivity contribution in [2.75, 3.05) is 0 Å². The Bertz CT molecular complexity index is 1120. The van der Waals surface area contributed by atoms with E-state index in [1.54, 1.807) is 12.4 Å². The van der Waals surface area contributed by atoms with Crippen molar-refractivity contribution in [2.24, 2.45) is 11.7 Å². The molecule has 0 unspecified atom stereocenters. The summed E-state index contributed by atoms with van der Waals surface area (Å²) in [6.45, 7) is 2.16. The van der Waals surface area contributed by atoms with Gasteiger partial charge in [-0.05, 0) is 72.6 Å². The number of benzene rings is 1. The Morgan fingerprint density at radius 3 is 2.50 bits per heavy atom. The zero-order chi connectivity index (χ0) is 22.8. The molecule has 3 atom stereocenters. The Balaban J connectivity index is 1.65. The number of ketones is 1. The molecule has 3 aromatic rings. The van der Waals surface area contributed by atoms with Crippen molar-refractivity contribution in [3.8, 4) is 11.3 Å². The van der Waals surface area contributed by atoms with Crippen molar-refractivity contribution in [1.82, 2.24) is 9.97 Å². The fourth-order valence-electron chi connectivity index (χ4n) is 4.67. The fraction of sp³-hybridized carbons (Fsp3) is 0.320. The van der Waals surface area contributed by atoms with Gasteiger partial charge in [0.05, 0.1) is 11.3 Å². The van der Waals surface area contributed by atoms with Crippen LogP contribution >= 0.6 is 0 Å². The highest BCUT2D eigenvalue weighted by atomic mass is 19.1. The highest BCUT2D eigenvalue weighted by molar-refractivity contribution is 5.96. The molecule has 2 N–H and O–H groups in total. The molecule has 166 valence electrons. The molecular formula is C25H24F3N3O. The van der Waals surface area contributed by atoms with Crippen LogP contribution in [0, 0.1) is 23.4 Å². The highest BCUT2D eigenvalue weighted by Crippen LogP contribution is 2.37. The van der Waals surface area contributed by atoms with Crippen molar-refractivity contribution in [3.05, 3.63) is 83.1 Å². The quantitative estimate of drug-likeness (QED) is 0.554. The standard InChI is InChI=1S/C25H24F3N3O/c1-14-9-15(11-17(29)10-14)18-7-8-30-13-16(18)12-23(32)25-21(28)5-6-22(31-25)24-19(26)3-2-4-20(24)27/h2-8,13-15,17H,9-12,29H2,1H3/t14-,15+,17-/m1/s1. The molecule has 4 rings (SSSR count). The maximum Gasteiger partial charge on any atom is 0.188 e. The summed E-state index contributed by atoms with van der Waals surface area (Å²) in [7, 11) is 0. The van der Waals surface area contributed by atoms with Crippen molar-refractivity contribution in [1.29, 1.82) is 0 Å². The van der Waals surface area contributed by atoms with Gasteiger partial charge in [-0.2, -0.15) is 0 Å². The molecule has 0 radical (unpaired) electrons. The van der Waals surface area contributed by atoms with E-state index in [4.69, 9.17) is 5.73 Å². The van der Waals surface area contributed by atoms with E-state index in [2.05, 4.69) is 16.9 Å². The third-order valence-electron chi connectivity index (χ3n) is 6.04. The first-order chi connectivity index (χ1) is 15.3. The fourth-order valence-corrected chi connectivity index (χ4v) is 4.67. The number of hydrogen-bond donors (Lipinski definition) is 1. The van der Waals surface area contributed by atoms with E-state index in [0.29, 0.717) is 11.5 Å². The van der Waals surface area contributed by atoms with E-state index in [0.717, 1.165) is 49.1 Å². The number of aromatic nitrogens is 2. The largest absolute Gasteiger partial charge is 0.328 e. The number of carbonyl (C=O) groups is 1. The minimum Gasteiger partial charge on any atom is -0.328 e. The zero-order valence-corrected chi connectivity index (χ0v) is 17.7. The summed E-state index contributed by atoms with van der Waals surface area (Å²) in [5, 5.41) is 0. The van der Waals surface area contributed by atoms with Crippen LogP contribution in [-0.4, -0.2) is 21.8 Å². The smallest absolute Gasteiger partial charge is 0.188 e. The summed E-state index contributed by atoms with van der Waals surface area (Å²) in [6, 6.07) is 7.54. The number of hydrogen-bond acceptors (Lipinski definition) is 4. The van der Waals surface area contributed by atoms with E-state index < -0.39 is 34.5 Å². The molecule has 0 aliphatic heterocycles. The van der Waals surface area contributed by atoms with E-state index in [-0.39, 0.29) is 24.1 Å². The second-order valence-electron chi connectivity index (χ2n) is 8.57. The lowest BCUT2D eigenvalue weighted by Gasteiger charge is -2.32. The number of carbonyl (C=O) groups excluding carboxylic acids is 1. The predicted molar refractivity (Wildman–Crippen MR) is 116 cm³/mol. The Hall–Kier alpha value is -3.06. The van der Waals surface area contributed by atoms with Crippen molar-refractivity contribution < 1.29 is 18.0 Å². The van der Waals surface area contributed by atoms with Gasteiger partial charge in [0, 0.05) is 24.9 Å². The molecule has 1 fully saturated rings.